The van der Waals surface area contributed by atoms with Crippen LogP contribution in [0.5, 0.6) is 5.75 Å². The average Bonchev–Trinajstić information content (AvgIpc) is 3.45. The van der Waals surface area contributed by atoms with Gasteiger partial charge >= 0.3 is 0 Å². The molecule has 13 heteroatoms. The number of halogens is 2. The lowest BCUT2D eigenvalue weighted by molar-refractivity contribution is 0.102. The number of sulfonamides is 1. The van der Waals surface area contributed by atoms with Gasteiger partial charge in [0.15, 0.2) is 11.3 Å². The second-order valence-electron chi connectivity index (χ2n) is 7.68. The number of nitrogens with one attached hydrogen (secondary N) is 2. The third-order valence-electron chi connectivity index (χ3n) is 5.16. The summed E-state index contributed by atoms with van der Waals surface area (Å²) in [4.78, 5) is 21.3. The standard InChI is InChI=1S/C23H16Cl2N4O5S2/c1-33-18-6-4-12(19-13-7-11(29-36(2,31)32)3-5-17(13)34-21(18)19)23-27-16(10-35-23)22(30)28-20-14(24)8-26-9-15(20)25/h3-10,29H,1-2H3,(H,26,28,30). The lowest BCUT2D eigenvalue weighted by atomic mass is 10.1. The first-order valence-corrected chi connectivity index (χ1v) is 13.7. The Morgan fingerprint density at radius 2 is 1.89 bits per heavy atom. The maximum absolute atomic E-state index is 12.9. The number of aromatic nitrogens is 2. The Hall–Kier alpha value is -3.38. The molecule has 0 spiro atoms. The quantitative estimate of drug-likeness (QED) is 0.258. The number of hydrogen-bond acceptors (Lipinski definition) is 8. The van der Waals surface area contributed by atoms with Gasteiger partial charge in [0.1, 0.15) is 16.3 Å². The lowest BCUT2D eigenvalue weighted by Gasteiger charge is -2.07. The number of anilines is 2. The molecule has 0 bridgehead atoms. The summed E-state index contributed by atoms with van der Waals surface area (Å²) in [5, 5.41) is 6.55. The summed E-state index contributed by atoms with van der Waals surface area (Å²) in [6, 6.07) is 8.52. The highest BCUT2D eigenvalue weighted by molar-refractivity contribution is 7.92. The largest absolute Gasteiger partial charge is 0.493 e. The fourth-order valence-corrected chi connectivity index (χ4v) is 5.53. The molecule has 0 saturated heterocycles. The van der Waals surface area contributed by atoms with Crippen LogP contribution in [0.4, 0.5) is 11.4 Å². The van der Waals surface area contributed by atoms with Crippen LogP contribution >= 0.6 is 34.5 Å². The number of benzene rings is 2. The Bertz CT molecular complexity index is 1750. The SMILES string of the molecule is COc1ccc(-c2nc(C(=O)Nc3c(Cl)cncc3Cl)cs2)c2c1oc1ccc(NS(C)(=O)=O)cc12. The molecule has 5 rings (SSSR count). The predicted molar refractivity (Wildman–Crippen MR) is 142 cm³/mol. The molecule has 0 radical (unpaired) electrons. The number of carbonyl (C=O) groups excluding carboxylic acids is 1. The van der Waals surface area contributed by atoms with Crippen molar-refractivity contribution in [2.75, 3.05) is 23.4 Å². The lowest BCUT2D eigenvalue weighted by Crippen LogP contribution is -2.13. The van der Waals surface area contributed by atoms with Crippen molar-refractivity contribution in [3.63, 3.8) is 0 Å². The van der Waals surface area contributed by atoms with Crippen LogP contribution < -0.4 is 14.8 Å². The third kappa shape index (κ3) is 4.58. The Morgan fingerprint density at radius 1 is 1.14 bits per heavy atom. The van der Waals surface area contributed by atoms with Crippen molar-refractivity contribution in [1.29, 1.82) is 0 Å². The number of pyridine rings is 1. The van der Waals surface area contributed by atoms with E-state index in [2.05, 4.69) is 20.0 Å². The fourth-order valence-electron chi connectivity index (χ4n) is 3.68. The van der Waals surface area contributed by atoms with Gasteiger partial charge in [-0.25, -0.2) is 13.4 Å². The van der Waals surface area contributed by atoms with Crippen molar-refractivity contribution in [2.24, 2.45) is 0 Å². The Balaban J connectivity index is 1.60. The summed E-state index contributed by atoms with van der Waals surface area (Å²) in [7, 11) is -1.95. The zero-order valence-corrected chi connectivity index (χ0v) is 21.8. The van der Waals surface area contributed by atoms with Crippen molar-refractivity contribution in [3.05, 3.63) is 63.8 Å². The van der Waals surface area contributed by atoms with Gasteiger partial charge < -0.3 is 14.5 Å². The van der Waals surface area contributed by atoms with Crippen LogP contribution in [-0.2, 0) is 10.0 Å². The number of carbonyl (C=O) groups is 1. The molecular weight excluding hydrogens is 547 g/mol. The van der Waals surface area contributed by atoms with E-state index < -0.39 is 15.9 Å². The molecule has 0 aliphatic rings. The molecule has 5 aromatic rings. The number of fused-ring (bicyclic) bond motifs is 3. The maximum Gasteiger partial charge on any atom is 0.275 e. The van der Waals surface area contributed by atoms with Gasteiger partial charge in [0, 0.05) is 39.8 Å². The first-order chi connectivity index (χ1) is 17.1. The number of rotatable bonds is 6. The van der Waals surface area contributed by atoms with E-state index in [1.54, 1.807) is 29.6 Å². The average molecular weight is 563 g/mol. The highest BCUT2D eigenvalue weighted by Gasteiger charge is 2.21. The molecule has 0 atom stereocenters. The van der Waals surface area contributed by atoms with Crippen molar-refractivity contribution < 1.29 is 22.4 Å². The zero-order chi connectivity index (χ0) is 25.6. The van der Waals surface area contributed by atoms with Crippen molar-refractivity contribution >= 4 is 83.8 Å². The van der Waals surface area contributed by atoms with Crippen molar-refractivity contribution in [2.45, 2.75) is 0 Å². The summed E-state index contributed by atoms with van der Waals surface area (Å²) in [5.74, 6) is 0.00742. The van der Waals surface area contributed by atoms with Gasteiger partial charge in [-0.15, -0.1) is 11.3 Å². The highest BCUT2D eigenvalue weighted by Crippen LogP contribution is 2.42. The molecule has 0 aliphatic carbocycles. The van der Waals surface area contributed by atoms with Gasteiger partial charge in [-0.2, -0.15) is 0 Å². The minimum Gasteiger partial charge on any atom is -0.493 e. The predicted octanol–water partition coefficient (Wildman–Crippen LogP) is 6.04. The van der Waals surface area contributed by atoms with Gasteiger partial charge in [0.05, 0.1) is 29.1 Å². The van der Waals surface area contributed by atoms with Crippen LogP contribution in [0.2, 0.25) is 10.0 Å². The topological polar surface area (TPSA) is 123 Å². The monoisotopic (exact) mass is 562 g/mol. The molecule has 36 heavy (non-hydrogen) atoms. The van der Waals surface area contributed by atoms with Gasteiger partial charge in [-0.1, -0.05) is 23.2 Å². The molecule has 3 heterocycles. The van der Waals surface area contributed by atoms with Crippen LogP contribution in [0.3, 0.4) is 0 Å². The minimum absolute atomic E-state index is 0.162. The molecule has 9 nitrogen and oxygen atoms in total. The second-order valence-corrected chi connectivity index (χ2v) is 11.1. The molecule has 0 saturated carbocycles. The highest BCUT2D eigenvalue weighted by atomic mass is 35.5. The number of nitrogens with zero attached hydrogens (tertiary/aromatic N) is 2. The van der Waals surface area contributed by atoms with Crippen molar-refractivity contribution in [3.8, 4) is 16.3 Å². The number of hydrogen-bond donors (Lipinski definition) is 2. The third-order valence-corrected chi connectivity index (χ3v) is 7.22. The van der Waals surface area contributed by atoms with Gasteiger partial charge in [-0.3, -0.25) is 14.5 Å². The Kier molecular flexibility index (Phi) is 6.25. The molecule has 0 unspecified atom stereocenters. The number of thiazole rings is 1. The molecule has 0 fully saturated rings. The van der Waals surface area contributed by atoms with Gasteiger partial charge in [0.2, 0.25) is 10.0 Å². The molecule has 0 aliphatic heterocycles. The fraction of sp³-hybridized carbons (Fsp3) is 0.0870. The molecular formula is C23H16Cl2N4O5S2. The van der Waals surface area contributed by atoms with E-state index >= 15 is 0 Å². The summed E-state index contributed by atoms with van der Waals surface area (Å²) >= 11 is 13.5. The van der Waals surface area contributed by atoms with Crippen LogP contribution in [0.15, 0.2) is 52.5 Å². The van der Waals surface area contributed by atoms with E-state index in [1.807, 2.05) is 6.07 Å². The van der Waals surface area contributed by atoms with E-state index in [9.17, 15) is 13.2 Å². The first-order valence-electron chi connectivity index (χ1n) is 10.2. The Morgan fingerprint density at radius 3 is 2.58 bits per heavy atom. The van der Waals surface area contributed by atoms with Gasteiger partial charge in [0.25, 0.3) is 5.91 Å². The van der Waals surface area contributed by atoms with E-state index in [0.29, 0.717) is 43.9 Å². The molecule has 184 valence electrons. The van der Waals surface area contributed by atoms with Gasteiger partial charge in [-0.05, 0) is 30.3 Å². The minimum atomic E-state index is -3.48. The summed E-state index contributed by atoms with van der Waals surface area (Å²) in [6.45, 7) is 0. The zero-order valence-electron chi connectivity index (χ0n) is 18.6. The van der Waals surface area contributed by atoms with Crippen LogP contribution in [0.25, 0.3) is 32.5 Å². The van der Waals surface area contributed by atoms with Crippen LogP contribution in [0, 0.1) is 0 Å². The van der Waals surface area contributed by atoms with Crippen molar-refractivity contribution in [1.82, 2.24) is 9.97 Å². The number of methoxy groups -OCH3 is 1. The van der Waals surface area contributed by atoms with Crippen LogP contribution in [0.1, 0.15) is 10.5 Å². The van der Waals surface area contributed by atoms with E-state index in [4.69, 9.17) is 32.4 Å². The normalized spacial score (nSPS) is 11.7. The van der Waals surface area contributed by atoms with E-state index in [-0.39, 0.29) is 21.4 Å². The molecule has 2 aromatic carbocycles. The molecule has 2 N–H and O–H groups in total. The number of furan rings is 1. The summed E-state index contributed by atoms with van der Waals surface area (Å²) in [6.07, 6.45) is 3.83. The first kappa shape index (κ1) is 24.3. The Labute approximate surface area is 219 Å². The summed E-state index contributed by atoms with van der Waals surface area (Å²) < 4.78 is 37.5. The number of ether oxygens (including phenoxy) is 1. The van der Waals surface area contributed by atoms with E-state index in [0.717, 1.165) is 6.26 Å². The summed E-state index contributed by atoms with van der Waals surface area (Å²) in [5.41, 5.74) is 2.47. The smallest absolute Gasteiger partial charge is 0.275 e. The molecule has 3 aromatic heterocycles. The van der Waals surface area contributed by atoms with Crippen LogP contribution in [-0.4, -0.2) is 37.7 Å². The molecule has 1 amide bonds. The number of amides is 1. The second kappa shape index (κ2) is 9.25. The maximum atomic E-state index is 12.9. The van der Waals surface area contributed by atoms with E-state index in [1.165, 1.54) is 30.8 Å².